The number of likely N-dealkylation sites (tertiary alicyclic amines) is 1. The van der Waals surface area contributed by atoms with E-state index in [0.717, 1.165) is 4.47 Å². The summed E-state index contributed by atoms with van der Waals surface area (Å²) in [5, 5.41) is 11.0. The first kappa shape index (κ1) is 22.0. The van der Waals surface area contributed by atoms with Gasteiger partial charge in [-0.2, -0.15) is 0 Å². The number of ketones is 1. The van der Waals surface area contributed by atoms with Crippen molar-refractivity contribution in [3.05, 3.63) is 69.7 Å². The van der Waals surface area contributed by atoms with Crippen LogP contribution < -0.4 is 4.74 Å². The molecule has 0 aliphatic carbocycles. The summed E-state index contributed by atoms with van der Waals surface area (Å²) in [4.78, 5) is 27.2. The number of carbonyl (C=O) groups is 2. The quantitative estimate of drug-likeness (QED) is 0.285. The fraction of sp³-hybridized carbons (Fsp3) is 0.273. The van der Waals surface area contributed by atoms with Gasteiger partial charge in [-0.1, -0.05) is 28.1 Å². The molecule has 8 heteroatoms. The molecule has 158 valence electrons. The molecule has 1 N–H and O–H groups in total. The number of halogens is 1. The molecule has 1 amide bonds. The van der Waals surface area contributed by atoms with Crippen molar-refractivity contribution in [2.24, 2.45) is 0 Å². The second-order valence-corrected chi connectivity index (χ2v) is 7.55. The summed E-state index contributed by atoms with van der Waals surface area (Å²) in [5.41, 5.74) is 1.09. The van der Waals surface area contributed by atoms with Gasteiger partial charge >= 0.3 is 0 Å². The summed E-state index contributed by atoms with van der Waals surface area (Å²) in [6, 6.07) is 13.1. The first-order valence-electron chi connectivity index (χ1n) is 9.15. The fourth-order valence-electron chi connectivity index (χ4n) is 3.40. The first-order valence-corrected chi connectivity index (χ1v) is 9.94. The average Bonchev–Trinajstić information content (AvgIpc) is 3.01. The number of methoxy groups -OCH3 is 3. The predicted molar refractivity (Wildman–Crippen MR) is 114 cm³/mol. The van der Waals surface area contributed by atoms with Crippen LogP contribution in [0.5, 0.6) is 5.75 Å². The number of nitrogens with zero attached hydrogens (tertiary/aromatic N) is 1. The maximum absolute atomic E-state index is 13.0. The van der Waals surface area contributed by atoms with Crippen LogP contribution in [0.25, 0.3) is 5.76 Å². The number of amides is 1. The Bertz CT molecular complexity index is 968. The first-order chi connectivity index (χ1) is 14.4. The number of aliphatic hydroxyl groups excluding tert-OH is 1. The van der Waals surface area contributed by atoms with Crippen molar-refractivity contribution >= 4 is 33.4 Å². The highest BCUT2D eigenvalue weighted by atomic mass is 79.9. The van der Waals surface area contributed by atoms with Crippen molar-refractivity contribution in [3.63, 3.8) is 0 Å². The number of ether oxygens (including phenoxy) is 3. The molecule has 0 radical (unpaired) electrons. The molecule has 30 heavy (non-hydrogen) atoms. The highest BCUT2D eigenvalue weighted by molar-refractivity contribution is 9.10. The lowest BCUT2D eigenvalue weighted by Gasteiger charge is -2.28. The minimum Gasteiger partial charge on any atom is -0.507 e. The van der Waals surface area contributed by atoms with Gasteiger partial charge in [-0.3, -0.25) is 9.59 Å². The molecule has 2 aromatic carbocycles. The predicted octanol–water partition coefficient (Wildman–Crippen LogP) is 3.50. The van der Waals surface area contributed by atoms with E-state index in [9.17, 15) is 14.7 Å². The van der Waals surface area contributed by atoms with Crippen LogP contribution in [-0.2, 0) is 19.1 Å². The number of aliphatic hydroxyl groups is 1. The molecule has 0 aromatic heterocycles. The van der Waals surface area contributed by atoms with Gasteiger partial charge in [0.25, 0.3) is 11.7 Å². The summed E-state index contributed by atoms with van der Waals surface area (Å²) < 4.78 is 16.4. The van der Waals surface area contributed by atoms with E-state index < -0.39 is 24.0 Å². The van der Waals surface area contributed by atoms with E-state index in [4.69, 9.17) is 14.2 Å². The van der Waals surface area contributed by atoms with Gasteiger partial charge in [-0.15, -0.1) is 0 Å². The maximum atomic E-state index is 13.0. The average molecular weight is 476 g/mol. The Morgan fingerprint density at radius 3 is 2.33 bits per heavy atom. The lowest BCUT2D eigenvalue weighted by molar-refractivity contribution is -0.149. The minimum atomic E-state index is -0.794. The normalized spacial score (nSPS) is 18.3. The maximum Gasteiger partial charge on any atom is 0.295 e. The summed E-state index contributed by atoms with van der Waals surface area (Å²) in [7, 11) is 4.45. The lowest BCUT2D eigenvalue weighted by atomic mass is 9.95. The highest BCUT2D eigenvalue weighted by Crippen LogP contribution is 2.40. The largest absolute Gasteiger partial charge is 0.507 e. The standard InChI is InChI=1S/C22H22BrNO6/c1-28-16-9-7-13(8-10-16)20(25)18-19(14-5-4-6-15(23)11-14)24(22(27)21(18)26)12-17(29-2)30-3/h4-11,17,19,25H,12H2,1-3H3/b20-18-. The summed E-state index contributed by atoms with van der Waals surface area (Å²) >= 11 is 3.43. The Balaban J connectivity index is 2.15. The SMILES string of the molecule is COc1ccc(/C(O)=C2/C(=O)C(=O)N(CC(OC)OC)C2c2cccc(Br)c2)cc1. The van der Waals surface area contributed by atoms with Crippen molar-refractivity contribution in [3.8, 4) is 5.75 Å². The smallest absolute Gasteiger partial charge is 0.295 e. The number of hydrogen-bond donors (Lipinski definition) is 1. The molecule has 1 fully saturated rings. The number of carbonyl (C=O) groups excluding carboxylic acids is 2. The molecule has 3 rings (SSSR count). The van der Waals surface area contributed by atoms with Gasteiger partial charge < -0.3 is 24.2 Å². The van der Waals surface area contributed by atoms with Crippen LogP contribution in [0.1, 0.15) is 17.2 Å². The zero-order valence-electron chi connectivity index (χ0n) is 16.8. The van der Waals surface area contributed by atoms with E-state index >= 15 is 0 Å². The van der Waals surface area contributed by atoms with Crippen molar-refractivity contribution in [2.75, 3.05) is 27.9 Å². The highest BCUT2D eigenvalue weighted by Gasteiger charge is 2.46. The molecular formula is C22H22BrNO6. The van der Waals surface area contributed by atoms with Crippen molar-refractivity contribution < 1.29 is 28.9 Å². The molecule has 1 aliphatic heterocycles. The zero-order valence-corrected chi connectivity index (χ0v) is 18.4. The van der Waals surface area contributed by atoms with Crippen LogP contribution in [0.2, 0.25) is 0 Å². The Kier molecular flexibility index (Phi) is 6.91. The molecule has 2 aromatic rings. The second-order valence-electron chi connectivity index (χ2n) is 6.64. The van der Waals surface area contributed by atoms with E-state index in [0.29, 0.717) is 16.9 Å². The summed E-state index contributed by atoms with van der Waals surface area (Å²) in [6.07, 6.45) is -0.723. The van der Waals surface area contributed by atoms with Crippen LogP contribution in [0.15, 0.2) is 58.6 Å². The summed E-state index contributed by atoms with van der Waals surface area (Å²) in [6.45, 7) is 0.0220. The van der Waals surface area contributed by atoms with E-state index in [2.05, 4.69) is 15.9 Å². The number of Topliss-reactive ketones (excluding diaryl/α,β-unsaturated/α-hetero) is 1. The van der Waals surface area contributed by atoms with E-state index in [1.807, 2.05) is 6.07 Å². The number of benzene rings is 2. The topological polar surface area (TPSA) is 85.3 Å². The summed E-state index contributed by atoms with van der Waals surface area (Å²) in [5.74, 6) is -1.14. The number of hydrogen-bond acceptors (Lipinski definition) is 6. The third kappa shape index (κ3) is 4.26. The third-order valence-electron chi connectivity index (χ3n) is 4.94. The Morgan fingerprint density at radius 1 is 1.10 bits per heavy atom. The van der Waals surface area contributed by atoms with Crippen LogP contribution in [0.4, 0.5) is 0 Å². The third-order valence-corrected chi connectivity index (χ3v) is 5.43. The van der Waals surface area contributed by atoms with E-state index in [-0.39, 0.29) is 17.9 Å². The molecular weight excluding hydrogens is 454 g/mol. The molecule has 1 aliphatic rings. The lowest BCUT2D eigenvalue weighted by Crippen LogP contribution is -2.38. The molecule has 1 heterocycles. The molecule has 0 saturated carbocycles. The molecule has 0 spiro atoms. The van der Waals surface area contributed by atoms with E-state index in [1.165, 1.54) is 26.2 Å². The Morgan fingerprint density at radius 2 is 1.77 bits per heavy atom. The van der Waals surface area contributed by atoms with Gasteiger partial charge in [0, 0.05) is 24.3 Å². The van der Waals surface area contributed by atoms with Crippen LogP contribution in [0.3, 0.4) is 0 Å². The zero-order chi connectivity index (χ0) is 21.8. The van der Waals surface area contributed by atoms with E-state index in [1.54, 1.807) is 42.5 Å². The molecule has 7 nitrogen and oxygen atoms in total. The van der Waals surface area contributed by atoms with Gasteiger partial charge in [0.1, 0.15) is 11.5 Å². The van der Waals surface area contributed by atoms with Crippen LogP contribution in [-0.4, -0.2) is 55.9 Å². The van der Waals surface area contributed by atoms with Gasteiger partial charge in [0.05, 0.1) is 25.3 Å². The fourth-order valence-corrected chi connectivity index (χ4v) is 3.82. The van der Waals surface area contributed by atoms with Gasteiger partial charge in [0.2, 0.25) is 0 Å². The monoisotopic (exact) mass is 475 g/mol. The van der Waals surface area contributed by atoms with Crippen molar-refractivity contribution in [1.82, 2.24) is 4.90 Å². The minimum absolute atomic E-state index is 0.00854. The van der Waals surface area contributed by atoms with Gasteiger partial charge in [-0.05, 0) is 42.0 Å². The van der Waals surface area contributed by atoms with Crippen molar-refractivity contribution in [1.29, 1.82) is 0 Å². The number of rotatable bonds is 7. The Labute approximate surface area is 183 Å². The van der Waals surface area contributed by atoms with Crippen LogP contribution >= 0.6 is 15.9 Å². The molecule has 1 unspecified atom stereocenters. The molecule has 1 atom stereocenters. The Hall–Kier alpha value is -2.68. The van der Waals surface area contributed by atoms with Gasteiger partial charge in [0.15, 0.2) is 6.29 Å². The van der Waals surface area contributed by atoms with Gasteiger partial charge in [-0.25, -0.2) is 0 Å². The molecule has 1 saturated heterocycles. The second kappa shape index (κ2) is 9.42. The van der Waals surface area contributed by atoms with Crippen molar-refractivity contribution in [2.45, 2.75) is 12.3 Å². The van der Waals surface area contributed by atoms with Crippen LogP contribution in [0, 0.1) is 0 Å². The molecule has 0 bridgehead atoms.